The topological polar surface area (TPSA) is 76.0 Å². The van der Waals surface area contributed by atoms with E-state index >= 15 is 0 Å². The van der Waals surface area contributed by atoms with Gasteiger partial charge >= 0.3 is 5.97 Å². The average molecular weight is 250 g/mol. The highest BCUT2D eigenvalue weighted by atomic mass is 16.6. The van der Waals surface area contributed by atoms with Gasteiger partial charge in [0.2, 0.25) is 0 Å². The second kappa shape index (κ2) is 4.35. The summed E-state index contributed by atoms with van der Waals surface area (Å²) in [5, 5.41) is 20.0. The number of fused-ring (bicyclic) bond motifs is 2. The largest absolute Gasteiger partial charge is 0.457 e. The van der Waals surface area contributed by atoms with Crippen molar-refractivity contribution < 1.29 is 24.5 Å². The fraction of sp³-hybridized carbons (Fsp3) is 0.462. The molecular weight excluding hydrogens is 236 g/mol. The number of esters is 1. The van der Waals surface area contributed by atoms with Crippen LogP contribution in [0.3, 0.4) is 0 Å². The zero-order valence-electron chi connectivity index (χ0n) is 9.60. The van der Waals surface area contributed by atoms with E-state index in [1.807, 2.05) is 30.3 Å². The van der Waals surface area contributed by atoms with E-state index in [2.05, 4.69) is 0 Å². The molecule has 3 rings (SSSR count). The number of rotatable bonds is 1. The molecule has 96 valence electrons. The van der Waals surface area contributed by atoms with Gasteiger partial charge < -0.3 is 19.7 Å². The Morgan fingerprint density at radius 1 is 1.11 bits per heavy atom. The van der Waals surface area contributed by atoms with Crippen LogP contribution in [0.15, 0.2) is 30.3 Å². The van der Waals surface area contributed by atoms with Gasteiger partial charge in [0.1, 0.15) is 18.3 Å². The highest BCUT2D eigenvalue weighted by molar-refractivity contribution is 5.71. The van der Waals surface area contributed by atoms with Crippen LogP contribution in [0.4, 0.5) is 0 Å². The zero-order chi connectivity index (χ0) is 12.7. The van der Waals surface area contributed by atoms with Gasteiger partial charge in [-0.25, -0.2) is 0 Å². The van der Waals surface area contributed by atoms with E-state index < -0.39 is 36.5 Å². The third-order valence-electron chi connectivity index (χ3n) is 3.45. The minimum atomic E-state index is -1.05. The number of aliphatic hydroxyl groups excluding tert-OH is 2. The number of ether oxygens (including phenoxy) is 2. The molecule has 2 aliphatic heterocycles. The SMILES string of the molecule is O=C1C[C@@H]2O[C@@H](c3ccccc3)[C@@H](O)[C@H](O1)[C@@H]2O. The van der Waals surface area contributed by atoms with Gasteiger partial charge in [-0.15, -0.1) is 0 Å². The van der Waals surface area contributed by atoms with Crippen molar-refractivity contribution in [1.82, 2.24) is 0 Å². The molecule has 0 radical (unpaired) electrons. The fourth-order valence-electron chi connectivity index (χ4n) is 2.53. The second-order valence-corrected chi connectivity index (χ2v) is 4.65. The van der Waals surface area contributed by atoms with E-state index in [-0.39, 0.29) is 6.42 Å². The molecule has 1 aromatic carbocycles. The van der Waals surface area contributed by atoms with Crippen molar-refractivity contribution in [3.8, 4) is 0 Å². The molecule has 2 N–H and O–H groups in total. The summed E-state index contributed by atoms with van der Waals surface area (Å²) < 4.78 is 10.7. The predicted octanol–water partition coefficient (Wildman–Crippen LogP) is 0.164. The molecular formula is C13H14O5. The van der Waals surface area contributed by atoms with E-state index in [4.69, 9.17) is 9.47 Å². The summed E-state index contributed by atoms with van der Waals surface area (Å²) in [7, 11) is 0. The van der Waals surface area contributed by atoms with Gasteiger partial charge in [-0.3, -0.25) is 4.79 Å². The molecule has 2 saturated heterocycles. The first-order valence-corrected chi connectivity index (χ1v) is 5.93. The molecule has 5 heteroatoms. The predicted molar refractivity (Wildman–Crippen MR) is 60.6 cm³/mol. The molecule has 2 fully saturated rings. The van der Waals surface area contributed by atoms with Crippen molar-refractivity contribution in [2.45, 2.75) is 36.9 Å². The Balaban J connectivity index is 1.89. The molecule has 2 aliphatic rings. The molecule has 2 bridgehead atoms. The molecule has 5 nitrogen and oxygen atoms in total. The standard InChI is InChI=1S/C13H14O5/c14-9-6-8-10(15)13(18-9)11(16)12(17-8)7-4-2-1-3-5-7/h1-5,8,10-13,15-16H,6H2/t8-,10+,11+,12-,13+/m0/s1. The van der Waals surface area contributed by atoms with Crippen molar-refractivity contribution >= 4 is 5.97 Å². The van der Waals surface area contributed by atoms with E-state index in [1.54, 1.807) is 0 Å². The van der Waals surface area contributed by atoms with Crippen LogP contribution in [0.2, 0.25) is 0 Å². The summed E-state index contributed by atoms with van der Waals surface area (Å²) in [6, 6.07) is 9.23. The summed E-state index contributed by atoms with van der Waals surface area (Å²) in [6.07, 6.45) is -4.08. The molecule has 5 atom stereocenters. The van der Waals surface area contributed by atoms with Crippen LogP contribution >= 0.6 is 0 Å². The van der Waals surface area contributed by atoms with E-state index in [0.717, 1.165) is 5.56 Å². The number of carbonyl (C=O) groups excluding carboxylic acids is 1. The van der Waals surface area contributed by atoms with Gasteiger partial charge in [-0.1, -0.05) is 30.3 Å². The van der Waals surface area contributed by atoms with Gasteiger partial charge in [0.05, 0.1) is 12.5 Å². The molecule has 0 aliphatic carbocycles. The van der Waals surface area contributed by atoms with Crippen molar-refractivity contribution in [2.75, 3.05) is 0 Å². The first-order chi connectivity index (χ1) is 8.66. The first-order valence-electron chi connectivity index (χ1n) is 5.93. The summed E-state index contributed by atoms with van der Waals surface area (Å²) >= 11 is 0. The maximum Gasteiger partial charge on any atom is 0.308 e. The van der Waals surface area contributed by atoms with Gasteiger partial charge in [0.15, 0.2) is 6.10 Å². The number of hydrogen-bond acceptors (Lipinski definition) is 5. The third-order valence-corrected chi connectivity index (χ3v) is 3.45. The maximum atomic E-state index is 11.3. The van der Waals surface area contributed by atoms with Gasteiger partial charge in [-0.2, -0.15) is 0 Å². The van der Waals surface area contributed by atoms with E-state index in [0.29, 0.717) is 0 Å². The van der Waals surface area contributed by atoms with Crippen LogP contribution in [0.5, 0.6) is 0 Å². The number of benzene rings is 1. The monoisotopic (exact) mass is 250 g/mol. The molecule has 0 unspecified atom stereocenters. The quantitative estimate of drug-likeness (QED) is 0.695. The normalized spacial score (nSPS) is 39.2. The average Bonchev–Trinajstić information content (AvgIpc) is 2.37. The lowest BCUT2D eigenvalue weighted by molar-refractivity contribution is -0.257. The zero-order valence-corrected chi connectivity index (χ0v) is 9.60. The Hall–Kier alpha value is -1.43. The fourth-order valence-corrected chi connectivity index (χ4v) is 2.53. The van der Waals surface area contributed by atoms with Crippen LogP contribution in [0.1, 0.15) is 18.1 Å². The van der Waals surface area contributed by atoms with Crippen LogP contribution in [-0.4, -0.2) is 40.6 Å². The van der Waals surface area contributed by atoms with E-state index in [9.17, 15) is 15.0 Å². The molecule has 0 aromatic heterocycles. The minimum absolute atomic E-state index is 0.0215. The van der Waals surface area contributed by atoms with Gasteiger partial charge in [0.25, 0.3) is 0 Å². The van der Waals surface area contributed by atoms with E-state index in [1.165, 1.54) is 0 Å². The van der Waals surface area contributed by atoms with Crippen molar-refractivity contribution in [2.24, 2.45) is 0 Å². The number of hydrogen-bond donors (Lipinski definition) is 2. The summed E-state index contributed by atoms with van der Waals surface area (Å²) in [4.78, 5) is 11.3. The molecule has 0 spiro atoms. The summed E-state index contributed by atoms with van der Waals surface area (Å²) in [5.41, 5.74) is 0.810. The summed E-state index contributed by atoms with van der Waals surface area (Å²) in [5.74, 6) is -0.444. The van der Waals surface area contributed by atoms with Crippen molar-refractivity contribution in [3.05, 3.63) is 35.9 Å². The lowest BCUT2D eigenvalue weighted by Gasteiger charge is -2.45. The molecule has 2 heterocycles. The highest BCUT2D eigenvalue weighted by Crippen LogP contribution is 2.37. The minimum Gasteiger partial charge on any atom is -0.457 e. The Morgan fingerprint density at radius 3 is 2.56 bits per heavy atom. The lowest BCUT2D eigenvalue weighted by Crippen LogP contribution is -2.59. The molecule has 0 amide bonds. The van der Waals surface area contributed by atoms with Crippen LogP contribution in [-0.2, 0) is 14.3 Å². The Bertz CT molecular complexity index is 446. The molecule has 0 saturated carbocycles. The summed E-state index contributed by atoms with van der Waals surface area (Å²) in [6.45, 7) is 0. The molecule has 18 heavy (non-hydrogen) atoms. The maximum absolute atomic E-state index is 11.3. The van der Waals surface area contributed by atoms with Gasteiger partial charge in [0, 0.05) is 0 Å². The number of carbonyl (C=O) groups is 1. The second-order valence-electron chi connectivity index (χ2n) is 4.65. The first kappa shape index (κ1) is 11.6. The highest BCUT2D eigenvalue weighted by Gasteiger charge is 2.50. The smallest absolute Gasteiger partial charge is 0.308 e. The van der Waals surface area contributed by atoms with Crippen LogP contribution in [0.25, 0.3) is 0 Å². The Morgan fingerprint density at radius 2 is 1.83 bits per heavy atom. The van der Waals surface area contributed by atoms with Crippen LogP contribution in [0, 0.1) is 0 Å². The van der Waals surface area contributed by atoms with Crippen LogP contribution < -0.4 is 0 Å². The van der Waals surface area contributed by atoms with Crippen molar-refractivity contribution in [3.63, 3.8) is 0 Å². The Kier molecular flexibility index (Phi) is 2.81. The lowest BCUT2D eigenvalue weighted by atomic mass is 9.88. The number of aliphatic hydroxyl groups is 2. The Labute approximate surface area is 104 Å². The van der Waals surface area contributed by atoms with Gasteiger partial charge in [-0.05, 0) is 5.56 Å². The molecule has 1 aromatic rings. The third kappa shape index (κ3) is 1.80. The van der Waals surface area contributed by atoms with Crippen molar-refractivity contribution in [1.29, 1.82) is 0 Å².